The first kappa shape index (κ1) is 22.2. The third kappa shape index (κ3) is 4.61. The Morgan fingerprint density at radius 3 is 2.84 bits per heavy atom. The highest BCUT2D eigenvalue weighted by atomic mass is 32.2. The molecule has 1 fully saturated rings. The van der Waals surface area contributed by atoms with Crippen LogP contribution in [0.3, 0.4) is 0 Å². The molecule has 0 N–H and O–H groups in total. The molecule has 1 unspecified atom stereocenters. The van der Waals surface area contributed by atoms with Gasteiger partial charge < -0.3 is 9.47 Å². The number of methoxy groups -OCH3 is 1. The van der Waals surface area contributed by atoms with Gasteiger partial charge in [0.25, 0.3) is 0 Å². The highest BCUT2D eigenvalue weighted by Gasteiger charge is 2.34. The molecular weight excluding hydrogens is 414 g/mol. The first-order chi connectivity index (χ1) is 14.8. The second-order valence-electron chi connectivity index (χ2n) is 8.88. The minimum absolute atomic E-state index is 0.107. The maximum absolute atomic E-state index is 12.7. The van der Waals surface area contributed by atoms with Gasteiger partial charge in [0, 0.05) is 34.9 Å². The number of carbonyl (C=O) groups is 1. The number of rotatable bonds is 5. The van der Waals surface area contributed by atoms with E-state index in [0.717, 1.165) is 48.5 Å². The summed E-state index contributed by atoms with van der Waals surface area (Å²) in [5.74, 6) is 1.12. The number of hydroxylamine groups is 2. The monoisotopic (exact) mass is 445 g/mol. The van der Waals surface area contributed by atoms with Gasteiger partial charge in [0.1, 0.15) is 5.75 Å². The Balaban J connectivity index is 1.78. The van der Waals surface area contributed by atoms with E-state index in [9.17, 15) is 4.79 Å². The molecule has 2 aliphatic rings. The van der Waals surface area contributed by atoms with Gasteiger partial charge in [-0.2, -0.15) is 10.2 Å². The lowest BCUT2D eigenvalue weighted by Crippen LogP contribution is -2.41. The van der Waals surface area contributed by atoms with E-state index in [0.29, 0.717) is 18.1 Å². The fourth-order valence-corrected chi connectivity index (χ4v) is 5.26. The molecule has 7 nitrogen and oxygen atoms in total. The summed E-state index contributed by atoms with van der Waals surface area (Å²) < 4.78 is 12.9. The number of piperidine rings is 1. The van der Waals surface area contributed by atoms with Crippen LogP contribution >= 0.6 is 11.8 Å². The Bertz CT molecular complexity index is 966. The molecule has 1 saturated heterocycles. The molecule has 0 spiro atoms. The van der Waals surface area contributed by atoms with E-state index in [1.54, 1.807) is 18.9 Å². The smallest absolute Gasteiger partial charge is 0.359 e. The van der Waals surface area contributed by atoms with E-state index in [1.807, 2.05) is 28.8 Å². The molecule has 3 heterocycles. The highest BCUT2D eigenvalue weighted by molar-refractivity contribution is 7.98. The molecule has 1 aromatic carbocycles. The molecule has 1 atom stereocenters. The zero-order valence-corrected chi connectivity index (χ0v) is 19.8. The third-order valence-electron chi connectivity index (χ3n) is 5.40. The zero-order chi connectivity index (χ0) is 22.2. The highest BCUT2D eigenvalue weighted by Crippen LogP contribution is 2.46. The largest absolute Gasteiger partial charge is 0.497 e. The molecule has 8 heteroatoms. The summed E-state index contributed by atoms with van der Waals surface area (Å²) in [7, 11) is 1.67. The van der Waals surface area contributed by atoms with Crippen LogP contribution in [0.2, 0.25) is 0 Å². The molecule has 2 aliphatic heterocycles. The lowest BCUT2D eigenvalue weighted by molar-refractivity contribution is -0.240. The van der Waals surface area contributed by atoms with Crippen molar-refractivity contribution < 1.29 is 19.1 Å². The lowest BCUT2D eigenvalue weighted by atomic mass is 10.0. The Labute approximate surface area is 188 Å². The fourth-order valence-electron chi connectivity index (χ4n) is 4.21. The Kier molecular flexibility index (Phi) is 6.32. The Morgan fingerprint density at radius 2 is 2.13 bits per heavy atom. The number of hydrogen-bond donors (Lipinski definition) is 0. The molecule has 2 aromatic rings. The molecule has 168 valence electrons. The maximum Gasteiger partial charge on any atom is 0.359 e. The molecule has 0 bridgehead atoms. The first-order valence-electron chi connectivity index (χ1n) is 10.8. The summed E-state index contributed by atoms with van der Waals surface area (Å²) in [4.78, 5) is 20.1. The van der Waals surface area contributed by atoms with Crippen molar-refractivity contribution in [3.8, 4) is 17.0 Å². The van der Waals surface area contributed by atoms with Crippen molar-refractivity contribution in [2.75, 3.05) is 26.8 Å². The summed E-state index contributed by atoms with van der Waals surface area (Å²) in [5, 5.41) is 6.86. The molecule has 1 aromatic heterocycles. The van der Waals surface area contributed by atoms with Crippen molar-refractivity contribution in [3.05, 3.63) is 29.5 Å². The van der Waals surface area contributed by atoms with Gasteiger partial charge in [-0.25, -0.2) is 4.79 Å². The van der Waals surface area contributed by atoms with E-state index < -0.39 is 0 Å². The fraction of sp³-hybridized carbons (Fsp3) is 0.565. The Hall–Kier alpha value is -2.03. The van der Waals surface area contributed by atoms with Crippen molar-refractivity contribution in [1.82, 2.24) is 14.8 Å². The van der Waals surface area contributed by atoms with Crippen LogP contribution in [0.1, 0.15) is 62.6 Å². The number of thioether (sulfide) groups is 1. The van der Waals surface area contributed by atoms with E-state index >= 15 is 0 Å². The van der Waals surface area contributed by atoms with Crippen LogP contribution in [0.25, 0.3) is 11.3 Å². The van der Waals surface area contributed by atoms with Crippen LogP contribution in [0.4, 0.5) is 0 Å². The number of hydrogen-bond acceptors (Lipinski definition) is 7. The number of carbonyl (C=O) groups excluding carboxylic acids is 1. The minimum atomic E-state index is -0.358. The maximum atomic E-state index is 12.7. The van der Waals surface area contributed by atoms with Gasteiger partial charge in [-0.3, -0.25) is 9.52 Å². The van der Waals surface area contributed by atoms with Gasteiger partial charge >= 0.3 is 5.97 Å². The van der Waals surface area contributed by atoms with Crippen LogP contribution in [-0.4, -0.2) is 53.2 Å². The summed E-state index contributed by atoms with van der Waals surface area (Å²) in [5.41, 5.74) is 3.17. The predicted octanol–water partition coefficient (Wildman–Crippen LogP) is 4.71. The first-order valence-corrected chi connectivity index (χ1v) is 11.8. The van der Waals surface area contributed by atoms with Crippen molar-refractivity contribution in [2.45, 2.75) is 62.8 Å². The van der Waals surface area contributed by atoms with Gasteiger partial charge in [-0.05, 0) is 58.7 Å². The number of ether oxygens (including phenoxy) is 2. The van der Waals surface area contributed by atoms with Crippen LogP contribution in [0.5, 0.6) is 5.75 Å². The molecule has 0 amide bonds. The summed E-state index contributed by atoms with van der Waals surface area (Å²) in [6.45, 7) is 9.94. The predicted molar refractivity (Wildman–Crippen MR) is 120 cm³/mol. The summed E-state index contributed by atoms with van der Waals surface area (Å²) in [6, 6.07) is 6.21. The summed E-state index contributed by atoms with van der Waals surface area (Å²) in [6.07, 6.45) is 1.98. The number of benzene rings is 1. The van der Waals surface area contributed by atoms with Crippen LogP contribution < -0.4 is 4.74 Å². The standard InChI is InChI=1S/C23H31N3O4S/c1-6-29-22(27)20-18-14-31-19-10-9-16(28-5)12-17(19)21(18)26(24-20)15-8-7-11-25(13-15)30-23(2,3)4/h9-10,12,15H,6-8,11,13-14H2,1-5H3. The van der Waals surface area contributed by atoms with Crippen molar-refractivity contribution >= 4 is 17.7 Å². The average Bonchev–Trinajstić information content (AvgIpc) is 3.13. The van der Waals surface area contributed by atoms with E-state index in [1.165, 1.54) is 4.90 Å². The van der Waals surface area contributed by atoms with Crippen LogP contribution in [0.15, 0.2) is 23.1 Å². The lowest BCUT2D eigenvalue weighted by Gasteiger charge is -2.37. The van der Waals surface area contributed by atoms with Crippen LogP contribution in [0, 0.1) is 0 Å². The van der Waals surface area contributed by atoms with Crippen molar-refractivity contribution in [3.63, 3.8) is 0 Å². The molecule has 0 saturated carbocycles. The van der Waals surface area contributed by atoms with Gasteiger partial charge in [-0.1, -0.05) is 0 Å². The van der Waals surface area contributed by atoms with E-state index in [-0.39, 0.29) is 17.6 Å². The molecule has 0 radical (unpaired) electrons. The molecule has 4 rings (SSSR count). The number of esters is 1. The number of fused-ring (bicyclic) bond motifs is 3. The van der Waals surface area contributed by atoms with Crippen LogP contribution in [-0.2, 0) is 15.3 Å². The van der Waals surface area contributed by atoms with Gasteiger partial charge in [0.15, 0.2) is 5.69 Å². The third-order valence-corrected chi connectivity index (χ3v) is 6.50. The normalized spacial score (nSPS) is 18.9. The second kappa shape index (κ2) is 8.84. The topological polar surface area (TPSA) is 65.8 Å². The average molecular weight is 446 g/mol. The zero-order valence-electron chi connectivity index (χ0n) is 18.9. The summed E-state index contributed by atoms with van der Waals surface area (Å²) >= 11 is 1.72. The Morgan fingerprint density at radius 1 is 1.32 bits per heavy atom. The van der Waals surface area contributed by atoms with Gasteiger partial charge in [0.05, 0.1) is 31.1 Å². The SMILES string of the molecule is CCOC(=O)c1nn(C2CCCN(OC(C)(C)C)C2)c2c1CSc1ccc(OC)cc1-2. The quantitative estimate of drug-likeness (QED) is 0.618. The number of nitrogens with zero attached hydrogens (tertiary/aromatic N) is 3. The number of aromatic nitrogens is 2. The second-order valence-corrected chi connectivity index (χ2v) is 9.90. The minimum Gasteiger partial charge on any atom is -0.497 e. The molecule has 0 aliphatic carbocycles. The van der Waals surface area contributed by atoms with Crippen molar-refractivity contribution in [1.29, 1.82) is 0 Å². The molecule has 31 heavy (non-hydrogen) atoms. The van der Waals surface area contributed by atoms with E-state index in [2.05, 4.69) is 26.8 Å². The molecular formula is C23H31N3O4S. The van der Waals surface area contributed by atoms with Gasteiger partial charge in [-0.15, -0.1) is 11.8 Å². The van der Waals surface area contributed by atoms with Gasteiger partial charge in [0.2, 0.25) is 0 Å². The van der Waals surface area contributed by atoms with Crippen molar-refractivity contribution in [2.24, 2.45) is 0 Å². The van der Waals surface area contributed by atoms with E-state index in [4.69, 9.17) is 19.4 Å².